The van der Waals surface area contributed by atoms with E-state index in [9.17, 15) is 4.79 Å². The average molecular weight is 393 g/mol. The SMILES string of the molecule is COc1ccc(-c2nc(C3CC(=O)N(c4ccc5c(c4)OCCO5)C3)no2)cc1. The van der Waals surface area contributed by atoms with Crippen LogP contribution in [0.3, 0.4) is 0 Å². The van der Waals surface area contributed by atoms with Gasteiger partial charge in [-0.15, -0.1) is 0 Å². The van der Waals surface area contributed by atoms with E-state index in [1.54, 1.807) is 12.0 Å². The lowest BCUT2D eigenvalue weighted by atomic mass is 10.1. The number of carbonyl (C=O) groups is 1. The summed E-state index contributed by atoms with van der Waals surface area (Å²) < 4.78 is 21.8. The van der Waals surface area contributed by atoms with Crippen LogP contribution in [0.4, 0.5) is 5.69 Å². The molecule has 29 heavy (non-hydrogen) atoms. The zero-order chi connectivity index (χ0) is 19.8. The molecule has 148 valence electrons. The minimum atomic E-state index is -0.133. The zero-order valence-corrected chi connectivity index (χ0v) is 15.8. The number of ether oxygens (including phenoxy) is 3. The van der Waals surface area contributed by atoms with Crippen molar-refractivity contribution in [3.8, 4) is 28.7 Å². The summed E-state index contributed by atoms with van der Waals surface area (Å²) in [6.45, 7) is 1.52. The van der Waals surface area contributed by atoms with Gasteiger partial charge in [0.15, 0.2) is 17.3 Å². The van der Waals surface area contributed by atoms with Crippen LogP contribution in [0.25, 0.3) is 11.5 Å². The van der Waals surface area contributed by atoms with Gasteiger partial charge in [0.2, 0.25) is 5.91 Å². The molecule has 2 aromatic carbocycles. The van der Waals surface area contributed by atoms with E-state index in [0.29, 0.717) is 49.4 Å². The second kappa shape index (κ2) is 7.12. The second-order valence-corrected chi connectivity index (χ2v) is 6.92. The molecule has 8 heteroatoms. The topological polar surface area (TPSA) is 86.9 Å². The Morgan fingerprint density at radius 2 is 1.86 bits per heavy atom. The summed E-state index contributed by atoms with van der Waals surface area (Å²) in [5, 5.41) is 4.11. The van der Waals surface area contributed by atoms with E-state index in [1.165, 1.54) is 0 Å². The van der Waals surface area contributed by atoms with Crippen molar-refractivity contribution in [2.75, 3.05) is 31.8 Å². The highest BCUT2D eigenvalue weighted by Gasteiger charge is 2.35. The van der Waals surface area contributed by atoms with E-state index < -0.39 is 0 Å². The Kier molecular flexibility index (Phi) is 4.31. The highest BCUT2D eigenvalue weighted by Crippen LogP contribution is 2.37. The average Bonchev–Trinajstić information content (AvgIpc) is 3.40. The maximum absolute atomic E-state index is 12.6. The molecule has 1 saturated heterocycles. The Labute approximate surface area is 167 Å². The number of carbonyl (C=O) groups excluding carboxylic acids is 1. The molecule has 0 N–H and O–H groups in total. The van der Waals surface area contributed by atoms with Gasteiger partial charge >= 0.3 is 0 Å². The molecule has 0 saturated carbocycles. The van der Waals surface area contributed by atoms with Gasteiger partial charge in [0, 0.05) is 36.2 Å². The summed E-state index contributed by atoms with van der Waals surface area (Å²) in [6, 6.07) is 12.9. The van der Waals surface area contributed by atoms with Crippen molar-refractivity contribution in [3.63, 3.8) is 0 Å². The fourth-order valence-electron chi connectivity index (χ4n) is 3.58. The summed E-state index contributed by atoms with van der Waals surface area (Å²) in [7, 11) is 1.62. The maximum atomic E-state index is 12.6. The molecule has 2 aliphatic rings. The van der Waals surface area contributed by atoms with Gasteiger partial charge < -0.3 is 23.6 Å². The van der Waals surface area contributed by atoms with Gasteiger partial charge in [0.25, 0.3) is 5.89 Å². The molecule has 0 bridgehead atoms. The van der Waals surface area contributed by atoms with E-state index >= 15 is 0 Å². The van der Waals surface area contributed by atoms with E-state index in [0.717, 1.165) is 17.0 Å². The molecular weight excluding hydrogens is 374 g/mol. The Morgan fingerprint density at radius 3 is 2.66 bits per heavy atom. The third-order valence-corrected chi connectivity index (χ3v) is 5.11. The van der Waals surface area contributed by atoms with Gasteiger partial charge in [0.05, 0.1) is 7.11 Å². The van der Waals surface area contributed by atoms with Crippen molar-refractivity contribution >= 4 is 11.6 Å². The summed E-state index contributed by atoms with van der Waals surface area (Å²) >= 11 is 0. The summed E-state index contributed by atoms with van der Waals surface area (Å²) in [5.41, 5.74) is 1.58. The number of amides is 1. The Morgan fingerprint density at radius 1 is 1.07 bits per heavy atom. The first-order chi connectivity index (χ1) is 14.2. The van der Waals surface area contributed by atoms with Crippen LogP contribution < -0.4 is 19.1 Å². The number of hydrogen-bond acceptors (Lipinski definition) is 7. The highest BCUT2D eigenvalue weighted by molar-refractivity contribution is 5.96. The quantitative estimate of drug-likeness (QED) is 0.673. The minimum absolute atomic E-state index is 0.0162. The molecule has 2 aliphatic heterocycles. The summed E-state index contributed by atoms with van der Waals surface area (Å²) in [6.07, 6.45) is 0.329. The molecule has 3 heterocycles. The van der Waals surface area contributed by atoms with Gasteiger partial charge in [-0.05, 0) is 36.4 Å². The van der Waals surface area contributed by atoms with Crippen molar-refractivity contribution in [1.82, 2.24) is 10.1 Å². The molecule has 3 aromatic rings. The first-order valence-corrected chi connectivity index (χ1v) is 9.39. The molecular formula is C21H19N3O5. The lowest BCUT2D eigenvalue weighted by Crippen LogP contribution is -2.25. The van der Waals surface area contributed by atoms with Crippen molar-refractivity contribution < 1.29 is 23.5 Å². The van der Waals surface area contributed by atoms with E-state index in [2.05, 4.69) is 10.1 Å². The van der Waals surface area contributed by atoms with Gasteiger partial charge in [0.1, 0.15) is 19.0 Å². The van der Waals surface area contributed by atoms with Crippen LogP contribution in [-0.2, 0) is 4.79 Å². The van der Waals surface area contributed by atoms with Crippen LogP contribution in [0.5, 0.6) is 17.2 Å². The zero-order valence-electron chi connectivity index (χ0n) is 15.8. The molecule has 0 aliphatic carbocycles. The number of benzene rings is 2. The Bertz CT molecular complexity index is 1050. The molecule has 1 aromatic heterocycles. The van der Waals surface area contributed by atoms with E-state index in [-0.39, 0.29) is 11.8 Å². The molecule has 0 radical (unpaired) electrons. The molecule has 5 rings (SSSR count). The fourth-order valence-corrected chi connectivity index (χ4v) is 3.58. The van der Waals surface area contributed by atoms with Crippen molar-refractivity contribution in [2.45, 2.75) is 12.3 Å². The van der Waals surface area contributed by atoms with Crippen LogP contribution in [0.1, 0.15) is 18.2 Å². The number of hydrogen-bond donors (Lipinski definition) is 0. The third kappa shape index (κ3) is 3.26. The highest BCUT2D eigenvalue weighted by atomic mass is 16.6. The number of nitrogens with zero attached hydrogens (tertiary/aromatic N) is 3. The number of fused-ring (bicyclic) bond motifs is 1. The van der Waals surface area contributed by atoms with Crippen molar-refractivity contribution in [3.05, 3.63) is 48.3 Å². The van der Waals surface area contributed by atoms with E-state index in [4.69, 9.17) is 18.7 Å². The van der Waals surface area contributed by atoms with Crippen LogP contribution in [0.15, 0.2) is 47.0 Å². The summed E-state index contributed by atoms with van der Waals surface area (Å²) in [5.74, 6) is 2.95. The lowest BCUT2D eigenvalue weighted by molar-refractivity contribution is -0.117. The second-order valence-electron chi connectivity index (χ2n) is 6.92. The van der Waals surface area contributed by atoms with Crippen molar-refractivity contribution in [2.24, 2.45) is 0 Å². The smallest absolute Gasteiger partial charge is 0.257 e. The third-order valence-electron chi connectivity index (χ3n) is 5.11. The summed E-state index contributed by atoms with van der Waals surface area (Å²) in [4.78, 5) is 18.9. The van der Waals surface area contributed by atoms with Crippen LogP contribution in [0.2, 0.25) is 0 Å². The molecule has 0 spiro atoms. The minimum Gasteiger partial charge on any atom is -0.497 e. The molecule has 1 atom stereocenters. The standard InChI is InChI=1S/C21H19N3O5/c1-26-16-5-2-13(3-6-16)21-22-20(23-29-21)14-10-19(25)24(12-14)15-4-7-17-18(11-15)28-9-8-27-17/h2-7,11,14H,8-10,12H2,1H3. The fraction of sp³-hybridized carbons (Fsp3) is 0.286. The maximum Gasteiger partial charge on any atom is 0.257 e. The van der Waals surface area contributed by atoms with E-state index in [1.807, 2.05) is 42.5 Å². The van der Waals surface area contributed by atoms with Crippen LogP contribution in [-0.4, -0.2) is 42.9 Å². The Balaban J connectivity index is 1.34. The predicted octanol–water partition coefficient (Wildman–Crippen LogP) is 3.04. The molecule has 1 fully saturated rings. The number of rotatable bonds is 4. The monoisotopic (exact) mass is 393 g/mol. The normalized spacial score (nSPS) is 18.2. The lowest BCUT2D eigenvalue weighted by Gasteiger charge is -2.22. The molecule has 1 amide bonds. The Hall–Kier alpha value is -3.55. The van der Waals surface area contributed by atoms with Crippen LogP contribution in [0, 0.1) is 0 Å². The van der Waals surface area contributed by atoms with Crippen molar-refractivity contribution in [1.29, 1.82) is 0 Å². The predicted molar refractivity (Wildman–Crippen MR) is 103 cm³/mol. The van der Waals surface area contributed by atoms with Gasteiger partial charge in [-0.25, -0.2) is 0 Å². The molecule has 1 unspecified atom stereocenters. The first-order valence-electron chi connectivity index (χ1n) is 9.39. The van der Waals surface area contributed by atoms with Gasteiger partial charge in [-0.3, -0.25) is 4.79 Å². The van der Waals surface area contributed by atoms with Gasteiger partial charge in [-0.2, -0.15) is 4.98 Å². The largest absolute Gasteiger partial charge is 0.497 e. The molecule has 8 nitrogen and oxygen atoms in total. The number of anilines is 1. The number of methoxy groups -OCH3 is 1. The van der Waals surface area contributed by atoms with Gasteiger partial charge in [-0.1, -0.05) is 5.16 Å². The number of aromatic nitrogens is 2. The first kappa shape index (κ1) is 17.5. The van der Waals surface area contributed by atoms with Crippen LogP contribution >= 0.6 is 0 Å².